The van der Waals surface area contributed by atoms with Gasteiger partial charge in [0.2, 0.25) is 0 Å². The summed E-state index contributed by atoms with van der Waals surface area (Å²) in [4.78, 5) is 0. The minimum absolute atomic E-state index is 0.242. The zero-order valence-corrected chi connectivity index (χ0v) is 13.6. The molecule has 7 nitrogen and oxygen atoms in total. The quantitative estimate of drug-likeness (QED) is 0.307. The molecule has 0 radical (unpaired) electrons. The van der Waals surface area contributed by atoms with Crippen LogP contribution < -0.4 is 0 Å². The van der Waals surface area contributed by atoms with Crippen molar-refractivity contribution >= 4 is 20.2 Å². The first-order valence-electron chi connectivity index (χ1n) is 6.51. The maximum absolute atomic E-state index is 10.8. The molecule has 0 aromatic rings. The number of hydrogen-bond acceptors (Lipinski definition) is 4. The molecule has 124 valence electrons. The summed E-state index contributed by atoms with van der Waals surface area (Å²) in [5, 5.41) is 0. The van der Waals surface area contributed by atoms with Crippen LogP contribution in [0, 0.1) is 0 Å². The molecule has 0 aromatic heterocycles. The largest absolute Gasteiger partial charge is 0.317 e. The fourth-order valence-electron chi connectivity index (χ4n) is 2.26. The number of rotatable bonds is 12. The van der Waals surface area contributed by atoms with E-state index in [0.717, 1.165) is 0 Å². The fourth-order valence-corrected chi connectivity index (χ4v) is 3.25. The predicted molar refractivity (Wildman–Crippen MR) is 82.2 cm³/mol. The van der Waals surface area contributed by atoms with Gasteiger partial charge in [0.15, 0.2) is 0 Å². The highest BCUT2D eigenvalue weighted by Gasteiger charge is 2.25. The lowest BCUT2D eigenvalue weighted by atomic mass is 10.2. The summed E-state index contributed by atoms with van der Waals surface area (Å²) in [6.07, 6.45) is 3.83. The van der Waals surface area contributed by atoms with E-state index in [1.807, 2.05) is 0 Å². The van der Waals surface area contributed by atoms with Crippen LogP contribution in [0.2, 0.25) is 0 Å². The maximum atomic E-state index is 10.8. The van der Waals surface area contributed by atoms with Gasteiger partial charge >= 0.3 is 0 Å². The van der Waals surface area contributed by atoms with E-state index >= 15 is 0 Å². The molecule has 0 aliphatic carbocycles. The van der Waals surface area contributed by atoms with Gasteiger partial charge in [0, 0.05) is 12.8 Å². The van der Waals surface area contributed by atoms with E-state index in [4.69, 9.17) is 9.11 Å². The van der Waals surface area contributed by atoms with Crippen LogP contribution in [0.25, 0.3) is 0 Å². The van der Waals surface area contributed by atoms with E-state index in [2.05, 4.69) is 13.2 Å². The molecule has 0 bridgehead atoms. The summed E-state index contributed by atoms with van der Waals surface area (Å²) >= 11 is 0. The van der Waals surface area contributed by atoms with Crippen molar-refractivity contribution in [3.63, 3.8) is 0 Å². The first kappa shape index (κ1) is 20.3. The molecule has 9 heteroatoms. The Balaban J connectivity index is 4.79. The van der Waals surface area contributed by atoms with Gasteiger partial charge in [-0.2, -0.15) is 16.8 Å². The van der Waals surface area contributed by atoms with Gasteiger partial charge in [-0.25, -0.2) is 0 Å². The molecule has 0 fully saturated rings. The summed E-state index contributed by atoms with van der Waals surface area (Å²) in [7, 11) is -8.04. The Hall–Kier alpha value is -0.740. The molecule has 0 unspecified atom stereocenters. The smallest absolute Gasteiger partial charge is 0.265 e. The molecule has 0 saturated heterocycles. The third-order valence-corrected chi connectivity index (χ3v) is 4.71. The molecule has 0 atom stereocenters. The standard InChI is InChI=1S/C12H23NO6S2/c1-3-7-13(8-4-2,9-5-11-20(14,15)16)10-6-12-21(17,18)19/h3-4H,1-2,5-12H2,(H-,14,15,16,17,18,19)/p+1. The van der Waals surface area contributed by atoms with Gasteiger partial charge in [-0.15, -0.1) is 0 Å². The normalized spacial score (nSPS) is 13.0. The highest BCUT2D eigenvalue weighted by molar-refractivity contribution is 7.86. The molecule has 0 aliphatic rings. The molecule has 0 spiro atoms. The average molecular weight is 342 g/mol. The summed E-state index contributed by atoms with van der Waals surface area (Å²) in [6.45, 7) is 9.21. The summed E-state index contributed by atoms with van der Waals surface area (Å²) in [5.74, 6) is -0.695. The zero-order chi connectivity index (χ0) is 16.6. The molecule has 0 saturated carbocycles. The molecule has 0 aliphatic heterocycles. The van der Waals surface area contributed by atoms with Crippen LogP contribution in [0.3, 0.4) is 0 Å². The van der Waals surface area contributed by atoms with Gasteiger partial charge in [-0.05, 0) is 12.2 Å². The van der Waals surface area contributed by atoms with Gasteiger partial charge in [0.25, 0.3) is 20.2 Å². The molecule has 2 N–H and O–H groups in total. The van der Waals surface area contributed by atoms with Crippen molar-refractivity contribution in [2.75, 3.05) is 37.7 Å². The first-order valence-corrected chi connectivity index (χ1v) is 9.73. The van der Waals surface area contributed by atoms with Gasteiger partial charge in [0.1, 0.15) is 0 Å². The van der Waals surface area contributed by atoms with Crippen molar-refractivity contribution in [3.8, 4) is 0 Å². The molecule has 0 aromatic carbocycles. The summed E-state index contributed by atoms with van der Waals surface area (Å²) in [5.41, 5.74) is 0. The van der Waals surface area contributed by atoms with Crippen LogP contribution in [-0.4, -0.2) is 68.1 Å². The molecular weight excluding hydrogens is 318 g/mol. The Bertz CT molecular complexity index is 488. The van der Waals surface area contributed by atoms with E-state index < -0.39 is 20.2 Å². The number of quaternary nitrogens is 1. The Labute approximate surface area is 127 Å². The van der Waals surface area contributed by atoms with E-state index in [1.165, 1.54) is 0 Å². The van der Waals surface area contributed by atoms with Crippen molar-refractivity contribution in [2.24, 2.45) is 0 Å². The summed E-state index contributed by atoms with van der Waals surface area (Å²) in [6, 6.07) is 0. The molecule has 21 heavy (non-hydrogen) atoms. The topological polar surface area (TPSA) is 109 Å². The highest BCUT2D eigenvalue weighted by atomic mass is 32.2. The van der Waals surface area contributed by atoms with E-state index in [9.17, 15) is 16.8 Å². The van der Waals surface area contributed by atoms with E-state index in [0.29, 0.717) is 30.7 Å². The fraction of sp³-hybridized carbons (Fsp3) is 0.667. The second kappa shape index (κ2) is 8.64. The number of nitrogens with zero attached hydrogens (tertiary/aromatic N) is 1. The van der Waals surface area contributed by atoms with E-state index in [1.54, 1.807) is 12.2 Å². The second-order valence-electron chi connectivity index (χ2n) is 5.01. The Kier molecular flexibility index (Phi) is 8.34. The molecular formula is C12H24NO6S2+. The minimum atomic E-state index is -4.02. The first-order chi connectivity index (χ1) is 9.54. The zero-order valence-electron chi connectivity index (χ0n) is 12.0. The van der Waals surface area contributed by atoms with Crippen molar-refractivity contribution in [1.29, 1.82) is 0 Å². The van der Waals surface area contributed by atoms with Crippen LogP contribution in [-0.2, 0) is 20.2 Å². The van der Waals surface area contributed by atoms with Crippen molar-refractivity contribution in [1.82, 2.24) is 0 Å². The van der Waals surface area contributed by atoms with Gasteiger partial charge in [-0.1, -0.05) is 13.2 Å². The monoisotopic (exact) mass is 342 g/mol. The van der Waals surface area contributed by atoms with E-state index in [-0.39, 0.29) is 24.3 Å². The summed E-state index contributed by atoms with van der Waals surface area (Å²) < 4.78 is 61.0. The molecule has 0 heterocycles. The SMILES string of the molecule is C=CC[N+](CC=C)(CCCS(=O)(=O)O)CCCS(=O)(=O)O. The third kappa shape index (κ3) is 10.6. The van der Waals surface area contributed by atoms with Crippen LogP contribution in [0.5, 0.6) is 0 Å². The Morgan fingerprint density at radius 1 is 0.810 bits per heavy atom. The average Bonchev–Trinajstić information content (AvgIpc) is 2.26. The molecule has 0 rings (SSSR count). The van der Waals surface area contributed by atoms with Crippen LogP contribution in [0.15, 0.2) is 25.3 Å². The van der Waals surface area contributed by atoms with Crippen molar-refractivity contribution in [3.05, 3.63) is 25.3 Å². The Morgan fingerprint density at radius 3 is 1.38 bits per heavy atom. The number of hydrogen-bond donors (Lipinski definition) is 2. The lowest BCUT2D eigenvalue weighted by molar-refractivity contribution is -0.917. The van der Waals surface area contributed by atoms with Gasteiger partial charge in [-0.3, -0.25) is 9.11 Å². The lowest BCUT2D eigenvalue weighted by Gasteiger charge is -2.37. The third-order valence-electron chi connectivity index (χ3n) is 3.10. The van der Waals surface area contributed by atoms with Crippen molar-refractivity contribution < 1.29 is 30.4 Å². The minimum Gasteiger partial charge on any atom is -0.317 e. The lowest BCUT2D eigenvalue weighted by Crippen LogP contribution is -2.50. The van der Waals surface area contributed by atoms with Crippen LogP contribution in [0.4, 0.5) is 0 Å². The highest BCUT2D eigenvalue weighted by Crippen LogP contribution is 2.12. The van der Waals surface area contributed by atoms with Gasteiger partial charge < -0.3 is 4.48 Å². The predicted octanol–water partition coefficient (Wildman–Crippen LogP) is 0.731. The maximum Gasteiger partial charge on any atom is 0.265 e. The van der Waals surface area contributed by atoms with Gasteiger partial charge in [0.05, 0.1) is 37.7 Å². The van der Waals surface area contributed by atoms with Crippen LogP contribution >= 0.6 is 0 Å². The Morgan fingerprint density at radius 2 is 1.14 bits per heavy atom. The second-order valence-corrected chi connectivity index (χ2v) is 8.15. The van der Waals surface area contributed by atoms with Crippen molar-refractivity contribution in [2.45, 2.75) is 12.8 Å². The molecule has 0 amide bonds. The van der Waals surface area contributed by atoms with Crippen LogP contribution in [0.1, 0.15) is 12.8 Å².